The maximum Gasteiger partial charge on any atom is 0.268 e. The van der Waals surface area contributed by atoms with Crippen LogP contribution in [0.1, 0.15) is 11.1 Å². The highest BCUT2D eigenvalue weighted by atomic mass is 35.5. The molecular weight excluding hydrogens is 341 g/mol. The van der Waals surface area contributed by atoms with Crippen molar-refractivity contribution in [2.45, 2.75) is 17.7 Å². The van der Waals surface area contributed by atoms with Gasteiger partial charge in [-0.05, 0) is 42.8 Å². The Hall–Kier alpha value is -1.49. The highest BCUT2D eigenvalue weighted by Crippen LogP contribution is 2.29. The van der Waals surface area contributed by atoms with E-state index in [0.717, 1.165) is 16.5 Å². The molecule has 114 valence electrons. The number of hydrogen-bond donors (Lipinski definition) is 0. The molecule has 22 heavy (non-hydrogen) atoms. The molecule has 1 aromatic heterocycles. The highest BCUT2D eigenvalue weighted by molar-refractivity contribution is 7.90. The van der Waals surface area contributed by atoms with Crippen molar-refractivity contribution in [3.8, 4) is 0 Å². The lowest BCUT2D eigenvalue weighted by atomic mass is 10.2. The molecule has 2 aromatic carbocycles. The fraction of sp³-hybridized carbons (Fsp3) is 0.125. The van der Waals surface area contributed by atoms with Gasteiger partial charge in [0.1, 0.15) is 0 Å². The summed E-state index contributed by atoms with van der Waals surface area (Å²) in [5, 5.41) is 1.29. The van der Waals surface area contributed by atoms with E-state index in [9.17, 15) is 8.42 Å². The lowest BCUT2D eigenvalue weighted by Gasteiger charge is -2.08. The maximum atomic E-state index is 12.9. The van der Waals surface area contributed by atoms with Crippen LogP contribution in [-0.4, -0.2) is 12.4 Å². The van der Waals surface area contributed by atoms with Gasteiger partial charge < -0.3 is 0 Å². The number of halogens is 2. The van der Waals surface area contributed by atoms with Crippen molar-refractivity contribution < 1.29 is 8.42 Å². The van der Waals surface area contributed by atoms with E-state index < -0.39 is 10.0 Å². The highest BCUT2D eigenvalue weighted by Gasteiger charge is 2.21. The van der Waals surface area contributed by atoms with Gasteiger partial charge in [-0.25, -0.2) is 12.4 Å². The van der Waals surface area contributed by atoms with Gasteiger partial charge in [-0.1, -0.05) is 29.3 Å². The molecule has 0 fully saturated rings. The normalized spacial score (nSPS) is 12.0. The summed E-state index contributed by atoms with van der Waals surface area (Å²) in [6.45, 7) is 1.91. The maximum absolute atomic E-state index is 12.9. The second-order valence-corrected chi connectivity index (χ2v) is 7.58. The molecule has 0 bridgehead atoms. The van der Waals surface area contributed by atoms with Crippen LogP contribution in [0.2, 0.25) is 5.02 Å². The standard InChI is InChI=1S/C16H13Cl2NO2S/c1-11-2-5-14(6-3-11)22(20,21)19-10-12(9-17)15-8-13(18)4-7-16(15)19/h2-8,10H,9H2,1H3. The van der Waals surface area contributed by atoms with Crippen molar-refractivity contribution >= 4 is 44.1 Å². The molecule has 1 heterocycles. The Kier molecular flexibility index (Phi) is 3.93. The van der Waals surface area contributed by atoms with E-state index in [0.29, 0.717) is 10.5 Å². The van der Waals surface area contributed by atoms with Gasteiger partial charge in [0, 0.05) is 22.5 Å². The number of rotatable bonds is 3. The first-order valence-corrected chi connectivity index (χ1v) is 8.96. The monoisotopic (exact) mass is 353 g/mol. The first-order chi connectivity index (χ1) is 10.4. The topological polar surface area (TPSA) is 39.1 Å². The molecule has 3 rings (SSSR count). The summed E-state index contributed by atoms with van der Waals surface area (Å²) in [5.74, 6) is 0.216. The third kappa shape index (κ3) is 2.51. The Labute approximate surface area is 139 Å². The van der Waals surface area contributed by atoms with E-state index in [2.05, 4.69) is 0 Å². The Morgan fingerprint density at radius 3 is 2.41 bits per heavy atom. The second kappa shape index (κ2) is 5.61. The van der Waals surface area contributed by atoms with Crippen molar-refractivity contribution in [1.82, 2.24) is 3.97 Å². The third-order valence-corrected chi connectivity index (χ3v) is 5.75. The van der Waals surface area contributed by atoms with Gasteiger partial charge in [0.05, 0.1) is 10.4 Å². The molecule has 0 atom stereocenters. The zero-order chi connectivity index (χ0) is 15.9. The van der Waals surface area contributed by atoms with Gasteiger partial charge >= 0.3 is 0 Å². The van der Waals surface area contributed by atoms with Crippen LogP contribution >= 0.6 is 23.2 Å². The summed E-state index contributed by atoms with van der Waals surface area (Å²) in [5.41, 5.74) is 2.31. The summed E-state index contributed by atoms with van der Waals surface area (Å²) in [6.07, 6.45) is 1.56. The number of nitrogens with zero attached hydrogens (tertiary/aromatic N) is 1. The summed E-state index contributed by atoms with van der Waals surface area (Å²) < 4.78 is 27.0. The third-order valence-electron chi connectivity index (χ3n) is 3.54. The molecular formula is C16H13Cl2NO2S. The summed E-state index contributed by atoms with van der Waals surface area (Å²) in [7, 11) is -3.67. The molecule has 3 aromatic rings. The number of hydrogen-bond acceptors (Lipinski definition) is 2. The minimum absolute atomic E-state index is 0.216. The van der Waals surface area contributed by atoms with Gasteiger partial charge in [0.25, 0.3) is 10.0 Å². The SMILES string of the molecule is Cc1ccc(S(=O)(=O)n2cc(CCl)c3cc(Cl)ccc32)cc1. The quantitative estimate of drug-likeness (QED) is 0.646. The van der Waals surface area contributed by atoms with Gasteiger partial charge in [-0.3, -0.25) is 0 Å². The number of fused-ring (bicyclic) bond motifs is 1. The molecule has 0 spiro atoms. The van der Waals surface area contributed by atoms with E-state index in [-0.39, 0.29) is 10.8 Å². The zero-order valence-corrected chi connectivity index (χ0v) is 14.1. The Morgan fingerprint density at radius 2 is 1.77 bits per heavy atom. The average molecular weight is 354 g/mol. The predicted molar refractivity (Wildman–Crippen MR) is 90.3 cm³/mol. The minimum Gasteiger partial charge on any atom is -0.241 e. The fourth-order valence-electron chi connectivity index (χ4n) is 2.37. The smallest absolute Gasteiger partial charge is 0.241 e. The van der Waals surface area contributed by atoms with Crippen molar-refractivity contribution in [2.75, 3.05) is 0 Å². The van der Waals surface area contributed by atoms with Crippen molar-refractivity contribution in [2.24, 2.45) is 0 Å². The number of aromatic nitrogens is 1. The van der Waals surface area contributed by atoms with E-state index in [1.54, 1.807) is 48.7 Å². The molecule has 0 N–H and O–H groups in total. The van der Waals surface area contributed by atoms with E-state index in [1.807, 2.05) is 6.92 Å². The molecule has 0 saturated carbocycles. The number of alkyl halides is 1. The molecule has 0 aliphatic heterocycles. The first-order valence-electron chi connectivity index (χ1n) is 6.61. The minimum atomic E-state index is -3.67. The molecule has 6 heteroatoms. The molecule has 0 saturated heterocycles. The van der Waals surface area contributed by atoms with Crippen molar-refractivity contribution in [1.29, 1.82) is 0 Å². The average Bonchev–Trinajstić information content (AvgIpc) is 2.86. The lowest BCUT2D eigenvalue weighted by molar-refractivity contribution is 0.589. The van der Waals surface area contributed by atoms with Gasteiger partial charge in [-0.2, -0.15) is 0 Å². The Morgan fingerprint density at radius 1 is 1.09 bits per heavy atom. The Balaban J connectivity index is 2.27. The van der Waals surface area contributed by atoms with Crippen LogP contribution in [0.4, 0.5) is 0 Å². The zero-order valence-electron chi connectivity index (χ0n) is 11.8. The first kappa shape index (κ1) is 15.4. The van der Waals surface area contributed by atoms with E-state index >= 15 is 0 Å². The number of benzene rings is 2. The molecule has 0 amide bonds. The largest absolute Gasteiger partial charge is 0.268 e. The predicted octanol–water partition coefficient (Wildman–Crippen LogP) is 4.58. The second-order valence-electron chi connectivity index (χ2n) is 5.06. The fourth-order valence-corrected chi connectivity index (χ4v) is 4.14. The molecule has 0 radical (unpaired) electrons. The molecule has 3 nitrogen and oxygen atoms in total. The molecule has 0 aliphatic rings. The summed E-state index contributed by atoms with van der Waals surface area (Å²) in [4.78, 5) is 0.242. The van der Waals surface area contributed by atoms with Gasteiger partial charge in [0.15, 0.2) is 0 Å². The van der Waals surface area contributed by atoms with Crippen LogP contribution in [0.3, 0.4) is 0 Å². The van der Waals surface area contributed by atoms with Crippen LogP contribution in [-0.2, 0) is 15.9 Å². The molecule has 0 unspecified atom stereocenters. The molecule has 0 aliphatic carbocycles. The Bertz CT molecular complexity index is 944. The van der Waals surface area contributed by atoms with Gasteiger partial charge in [-0.15, -0.1) is 11.6 Å². The van der Waals surface area contributed by atoms with E-state index in [1.165, 1.54) is 3.97 Å². The van der Waals surface area contributed by atoms with Crippen LogP contribution in [0, 0.1) is 6.92 Å². The number of aryl methyl sites for hydroxylation is 1. The van der Waals surface area contributed by atoms with Crippen molar-refractivity contribution in [3.63, 3.8) is 0 Å². The van der Waals surface area contributed by atoms with Crippen LogP contribution in [0.15, 0.2) is 53.6 Å². The van der Waals surface area contributed by atoms with Gasteiger partial charge in [0.2, 0.25) is 0 Å². The van der Waals surface area contributed by atoms with Crippen molar-refractivity contribution in [3.05, 3.63) is 64.8 Å². The lowest BCUT2D eigenvalue weighted by Crippen LogP contribution is -2.11. The summed E-state index contributed by atoms with van der Waals surface area (Å²) >= 11 is 11.9. The van der Waals surface area contributed by atoms with Crippen LogP contribution in [0.25, 0.3) is 10.9 Å². The van der Waals surface area contributed by atoms with Crippen LogP contribution < -0.4 is 0 Å². The summed E-state index contributed by atoms with van der Waals surface area (Å²) in [6, 6.07) is 11.9. The van der Waals surface area contributed by atoms with E-state index in [4.69, 9.17) is 23.2 Å². The van der Waals surface area contributed by atoms with Crippen LogP contribution in [0.5, 0.6) is 0 Å².